The van der Waals surface area contributed by atoms with Crippen LogP contribution in [0, 0.1) is 0 Å². The number of hydrogen-bond donors (Lipinski definition) is 7. The predicted molar refractivity (Wildman–Crippen MR) is 169 cm³/mol. The fraction of sp³-hybridized carbons (Fsp3) is 1.00. The Balaban J connectivity index is 1.49. The fourth-order valence-electron chi connectivity index (χ4n) is 5.77. The van der Waals surface area contributed by atoms with Gasteiger partial charge in [-0.3, -0.25) is 0 Å². The predicted octanol–water partition coefficient (Wildman–Crippen LogP) is 2.62. The molecular formula is C32H62O11S. The van der Waals surface area contributed by atoms with Crippen molar-refractivity contribution in [1.82, 2.24) is 0 Å². The van der Waals surface area contributed by atoms with Crippen LogP contribution in [0.5, 0.6) is 0 Å². The monoisotopic (exact) mass is 654 g/mol. The zero-order valence-corrected chi connectivity index (χ0v) is 27.6. The summed E-state index contributed by atoms with van der Waals surface area (Å²) in [7, 11) is 0. The molecule has 0 aliphatic carbocycles. The van der Waals surface area contributed by atoms with Gasteiger partial charge in [-0.2, -0.15) is 11.8 Å². The third-order valence-corrected chi connectivity index (χ3v) is 9.65. The summed E-state index contributed by atoms with van der Waals surface area (Å²) in [6.07, 6.45) is 7.12. The van der Waals surface area contributed by atoms with E-state index >= 15 is 0 Å². The lowest BCUT2D eigenvalue weighted by molar-refractivity contribution is -0.359. The lowest BCUT2D eigenvalue weighted by atomic mass is 9.97. The first-order valence-electron chi connectivity index (χ1n) is 17.1. The van der Waals surface area contributed by atoms with E-state index in [2.05, 4.69) is 6.92 Å². The van der Waals surface area contributed by atoms with Crippen LogP contribution in [0.15, 0.2) is 0 Å². The molecule has 0 aromatic heterocycles. The van der Waals surface area contributed by atoms with Crippen molar-refractivity contribution in [2.45, 2.75) is 171 Å². The highest BCUT2D eigenvalue weighted by Crippen LogP contribution is 2.29. The SMILES string of the molecule is CCCCCCCCCCCCCCCCCCSCCO[C@H]1O[C@@H](CO)[C@H](O[C@@H]2O[C@H](CO)[C@@H](O)[C@H](O)[C@@H]2O)[C@@H](O)[C@@H]1O. The van der Waals surface area contributed by atoms with Crippen molar-refractivity contribution >= 4 is 11.8 Å². The van der Waals surface area contributed by atoms with Crippen LogP contribution in [0.1, 0.15) is 110 Å². The van der Waals surface area contributed by atoms with Gasteiger partial charge in [0.05, 0.1) is 19.8 Å². The molecule has 2 heterocycles. The van der Waals surface area contributed by atoms with Gasteiger partial charge in [0.1, 0.15) is 48.8 Å². The molecule has 0 radical (unpaired) electrons. The summed E-state index contributed by atoms with van der Waals surface area (Å²) < 4.78 is 22.2. The van der Waals surface area contributed by atoms with Crippen LogP contribution >= 0.6 is 11.8 Å². The Morgan fingerprint density at radius 1 is 0.523 bits per heavy atom. The minimum atomic E-state index is -1.70. The lowest BCUT2D eigenvalue weighted by Crippen LogP contribution is -2.64. The summed E-state index contributed by atoms with van der Waals surface area (Å²) in [5.74, 6) is 1.71. The maximum Gasteiger partial charge on any atom is 0.187 e. The molecule has 0 aromatic rings. The van der Waals surface area contributed by atoms with Gasteiger partial charge in [0.15, 0.2) is 12.6 Å². The van der Waals surface area contributed by atoms with E-state index in [1.165, 1.54) is 96.3 Å². The van der Waals surface area contributed by atoms with Gasteiger partial charge in [0.25, 0.3) is 0 Å². The maximum absolute atomic E-state index is 10.7. The van der Waals surface area contributed by atoms with Crippen LogP contribution < -0.4 is 0 Å². The minimum absolute atomic E-state index is 0.286. The molecule has 0 unspecified atom stereocenters. The second-order valence-corrected chi connectivity index (χ2v) is 13.5. The molecule has 44 heavy (non-hydrogen) atoms. The van der Waals surface area contributed by atoms with Crippen molar-refractivity contribution in [3.8, 4) is 0 Å². The van der Waals surface area contributed by atoms with Gasteiger partial charge in [-0.15, -0.1) is 0 Å². The highest BCUT2D eigenvalue weighted by molar-refractivity contribution is 7.99. The molecular weight excluding hydrogens is 592 g/mol. The summed E-state index contributed by atoms with van der Waals surface area (Å²) in [4.78, 5) is 0. The molecule has 0 aromatic carbocycles. The van der Waals surface area contributed by atoms with E-state index in [4.69, 9.17) is 18.9 Å². The molecule has 2 aliphatic heterocycles. The number of aliphatic hydroxyl groups is 7. The zero-order valence-electron chi connectivity index (χ0n) is 26.8. The van der Waals surface area contributed by atoms with Crippen molar-refractivity contribution in [1.29, 1.82) is 0 Å². The summed E-state index contributed by atoms with van der Waals surface area (Å²) in [6, 6.07) is 0. The van der Waals surface area contributed by atoms with E-state index < -0.39 is 74.6 Å². The first-order valence-corrected chi connectivity index (χ1v) is 18.3. The molecule has 0 spiro atoms. The Hall–Kier alpha value is -0.0900. The van der Waals surface area contributed by atoms with Crippen molar-refractivity contribution in [3.05, 3.63) is 0 Å². The van der Waals surface area contributed by atoms with Gasteiger partial charge in [0.2, 0.25) is 0 Å². The molecule has 12 heteroatoms. The molecule has 2 saturated heterocycles. The average molecular weight is 655 g/mol. The molecule has 2 rings (SSSR count). The van der Waals surface area contributed by atoms with Gasteiger partial charge in [-0.1, -0.05) is 103 Å². The Morgan fingerprint density at radius 3 is 1.52 bits per heavy atom. The summed E-state index contributed by atoms with van der Waals surface area (Å²) in [6.45, 7) is 1.32. The van der Waals surface area contributed by atoms with Crippen LogP contribution in [0.25, 0.3) is 0 Å². The topological polar surface area (TPSA) is 179 Å². The molecule has 7 N–H and O–H groups in total. The van der Waals surface area contributed by atoms with Gasteiger partial charge in [0, 0.05) is 5.75 Å². The van der Waals surface area contributed by atoms with E-state index in [9.17, 15) is 35.7 Å². The van der Waals surface area contributed by atoms with Crippen LogP contribution in [0.3, 0.4) is 0 Å². The van der Waals surface area contributed by atoms with Crippen molar-refractivity contribution in [3.63, 3.8) is 0 Å². The second kappa shape index (κ2) is 24.1. The van der Waals surface area contributed by atoms with E-state index in [-0.39, 0.29) is 6.61 Å². The lowest BCUT2D eigenvalue weighted by Gasteiger charge is -2.45. The van der Waals surface area contributed by atoms with Crippen LogP contribution in [0.4, 0.5) is 0 Å². The van der Waals surface area contributed by atoms with Gasteiger partial charge in [-0.25, -0.2) is 0 Å². The number of rotatable bonds is 25. The first-order chi connectivity index (χ1) is 21.3. The quantitative estimate of drug-likeness (QED) is 0.0717. The van der Waals surface area contributed by atoms with E-state index in [1.807, 2.05) is 0 Å². The third-order valence-electron chi connectivity index (χ3n) is 8.61. The Morgan fingerprint density at radius 2 is 1.00 bits per heavy atom. The second-order valence-electron chi connectivity index (χ2n) is 12.3. The Labute approximate surface area is 268 Å². The first kappa shape index (κ1) is 40.1. The Kier molecular flexibility index (Phi) is 22.0. The molecule has 0 amide bonds. The van der Waals surface area contributed by atoms with Gasteiger partial charge in [-0.05, 0) is 12.2 Å². The van der Waals surface area contributed by atoms with Crippen molar-refractivity contribution in [2.75, 3.05) is 31.3 Å². The van der Waals surface area contributed by atoms with E-state index in [0.29, 0.717) is 5.75 Å². The average Bonchev–Trinajstić information content (AvgIpc) is 3.03. The van der Waals surface area contributed by atoms with Gasteiger partial charge >= 0.3 is 0 Å². The standard InChI is InChI=1S/C32H62O11S/c1-2-3-4-5-6-7-8-9-10-11-12-13-14-15-16-17-19-44-20-18-40-31-29(39)27(37)30(24(22-34)42-31)43-32-28(38)26(36)25(35)23(21-33)41-32/h23-39H,2-22H2,1H3/t23-,24+,25-,26+,27+,28+,29+,30+,31+,32+/m1/s1. The molecule has 2 fully saturated rings. The smallest absolute Gasteiger partial charge is 0.187 e. The molecule has 2 aliphatic rings. The third kappa shape index (κ3) is 14.4. The highest BCUT2D eigenvalue weighted by Gasteiger charge is 2.50. The van der Waals surface area contributed by atoms with Crippen LogP contribution in [0.2, 0.25) is 0 Å². The van der Waals surface area contributed by atoms with E-state index in [1.54, 1.807) is 11.8 Å². The van der Waals surface area contributed by atoms with Gasteiger partial charge < -0.3 is 54.7 Å². The summed E-state index contributed by atoms with van der Waals surface area (Å²) in [5.41, 5.74) is 0. The van der Waals surface area contributed by atoms with E-state index in [0.717, 1.165) is 12.2 Å². The minimum Gasteiger partial charge on any atom is -0.394 e. The number of thioether (sulfide) groups is 1. The summed E-state index contributed by atoms with van der Waals surface area (Å²) in [5, 5.41) is 70.6. The Bertz CT molecular complexity index is 689. The normalized spacial score (nSPS) is 32.7. The summed E-state index contributed by atoms with van der Waals surface area (Å²) >= 11 is 1.76. The molecule has 10 atom stereocenters. The molecule has 262 valence electrons. The molecule has 11 nitrogen and oxygen atoms in total. The van der Waals surface area contributed by atoms with Crippen molar-refractivity contribution < 1.29 is 54.7 Å². The molecule has 0 bridgehead atoms. The number of ether oxygens (including phenoxy) is 4. The fourth-order valence-corrected chi connectivity index (χ4v) is 6.60. The molecule has 0 saturated carbocycles. The zero-order chi connectivity index (χ0) is 32.2. The largest absolute Gasteiger partial charge is 0.394 e. The van der Waals surface area contributed by atoms with Crippen LogP contribution in [-0.4, -0.2) is 128 Å². The number of aliphatic hydroxyl groups excluding tert-OH is 7. The van der Waals surface area contributed by atoms with Crippen molar-refractivity contribution in [2.24, 2.45) is 0 Å². The maximum atomic E-state index is 10.7. The highest BCUT2D eigenvalue weighted by atomic mass is 32.2. The number of unbranched alkanes of at least 4 members (excludes halogenated alkanes) is 15. The number of hydrogen-bond acceptors (Lipinski definition) is 12. The van der Waals surface area contributed by atoms with Crippen LogP contribution in [-0.2, 0) is 18.9 Å².